The van der Waals surface area contributed by atoms with E-state index < -0.39 is 0 Å². The van der Waals surface area contributed by atoms with E-state index in [1.165, 1.54) is 5.56 Å². The number of carbonyl (C=O) groups excluding carboxylic acids is 1. The van der Waals surface area contributed by atoms with Gasteiger partial charge in [-0.15, -0.1) is 0 Å². The van der Waals surface area contributed by atoms with Crippen molar-refractivity contribution < 1.29 is 9.53 Å². The van der Waals surface area contributed by atoms with E-state index >= 15 is 0 Å². The summed E-state index contributed by atoms with van der Waals surface area (Å²) in [4.78, 5) is 12.2. The Morgan fingerprint density at radius 1 is 1.28 bits per heavy atom. The first-order chi connectivity index (χ1) is 8.71. The number of ether oxygens (including phenoxy) is 1. The molecule has 96 valence electrons. The van der Waals surface area contributed by atoms with Crippen molar-refractivity contribution in [3.8, 4) is 0 Å². The maximum atomic E-state index is 12.2. The van der Waals surface area contributed by atoms with Crippen LogP contribution in [0.2, 0.25) is 0 Å². The lowest BCUT2D eigenvalue weighted by molar-refractivity contribution is -0.127. The first-order valence-corrected chi connectivity index (χ1v) is 6.53. The Kier molecular flexibility index (Phi) is 4.32. The zero-order valence-corrected chi connectivity index (χ0v) is 10.9. The highest BCUT2D eigenvalue weighted by Crippen LogP contribution is 2.31. The third-order valence-electron chi connectivity index (χ3n) is 3.66. The third-order valence-corrected chi connectivity index (χ3v) is 3.66. The summed E-state index contributed by atoms with van der Waals surface area (Å²) in [6.45, 7) is 3.45. The molecule has 1 aromatic rings. The fourth-order valence-electron chi connectivity index (χ4n) is 2.19. The summed E-state index contributed by atoms with van der Waals surface area (Å²) in [7, 11) is 0. The Hall–Kier alpha value is -1.41. The largest absolute Gasteiger partial charge is 0.381 e. The molecule has 0 aliphatic carbocycles. The van der Waals surface area contributed by atoms with E-state index in [1.54, 1.807) is 6.08 Å². The SMILES string of the molecule is CC1(C(=O)/C=C/Cc2ccccc2)CCOCC1. The Balaban J connectivity index is 1.90. The van der Waals surface area contributed by atoms with Crippen LogP contribution in [0.15, 0.2) is 42.5 Å². The minimum absolute atomic E-state index is 0.217. The van der Waals surface area contributed by atoms with Crippen LogP contribution in [0.25, 0.3) is 0 Å². The minimum Gasteiger partial charge on any atom is -0.381 e. The van der Waals surface area contributed by atoms with Crippen LogP contribution in [0.3, 0.4) is 0 Å². The summed E-state index contributed by atoms with van der Waals surface area (Å²) >= 11 is 0. The number of hydrogen-bond acceptors (Lipinski definition) is 2. The lowest BCUT2D eigenvalue weighted by Crippen LogP contribution is -2.33. The molecule has 18 heavy (non-hydrogen) atoms. The van der Waals surface area contributed by atoms with Crippen molar-refractivity contribution in [2.75, 3.05) is 13.2 Å². The zero-order valence-electron chi connectivity index (χ0n) is 10.9. The molecular weight excluding hydrogens is 224 g/mol. The van der Waals surface area contributed by atoms with Gasteiger partial charge in [0, 0.05) is 18.6 Å². The maximum Gasteiger partial charge on any atom is 0.161 e. The van der Waals surface area contributed by atoms with Crippen LogP contribution in [0.4, 0.5) is 0 Å². The van der Waals surface area contributed by atoms with Gasteiger partial charge in [0.1, 0.15) is 0 Å². The molecule has 2 rings (SSSR count). The molecule has 0 bridgehead atoms. The monoisotopic (exact) mass is 244 g/mol. The van der Waals surface area contributed by atoms with E-state index in [2.05, 4.69) is 12.1 Å². The molecule has 1 fully saturated rings. The first-order valence-electron chi connectivity index (χ1n) is 6.53. The van der Waals surface area contributed by atoms with Crippen LogP contribution in [0, 0.1) is 5.41 Å². The number of carbonyl (C=O) groups is 1. The predicted octanol–water partition coefficient (Wildman–Crippen LogP) is 3.17. The molecule has 1 aliphatic rings. The average Bonchev–Trinajstić information content (AvgIpc) is 2.41. The van der Waals surface area contributed by atoms with E-state index in [1.807, 2.05) is 31.2 Å². The molecule has 2 heteroatoms. The molecule has 0 atom stereocenters. The van der Waals surface area contributed by atoms with E-state index in [4.69, 9.17) is 4.74 Å². The van der Waals surface area contributed by atoms with Crippen molar-refractivity contribution in [3.05, 3.63) is 48.0 Å². The fraction of sp³-hybridized carbons (Fsp3) is 0.438. The molecule has 0 spiro atoms. The van der Waals surface area contributed by atoms with Crippen LogP contribution >= 0.6 is 0 Å². The van der Waals surface area contributed by atoms with E-state index in [9.17, 15) is 4.79 Å². The van der Waals surface area contributed by atoms with Gasteiger partial charge >= 0.3 is 0 Å². The molecule has 0 aromatic heterocycles. The standard InChI is InChI=1S/C16H20O2/c1-16(10-12-18-13-11-16)15(17)9-5-8-14-6-3-2-4-7-14/h2-7,9H,8,10-13H2,1H3/b9-5+. The number of allylic oxidation sites excluding steroid dienone is 2. The Morgan fingerprint density at radius 3 is 2.61 bits per heavy atom. The highest BCUT2D eigenvalue weighted by atomic mass is 16.5. The Bertz CT molecular complexity index is 414. The molecule has 0 saturated carbocycles. The summed E-state index contributed by atoms with van der Waals surface area (Å²) in [6.07, 6.45) is 6.21. The first kappa shape index (κ1) is 13.0. The summed E-state index contributed by atoms with van der Waals surface area (Å²) in [5.74, 6) is 0.238. The van der Waals surface area contributed by atoms with Gasteiger partial charge in [0.05, 0.1) is 0 Å². The Labute approximate surface area is 109 Å². The van der Waals surface area contributed by atoms with Crippen LogP contribution in [0.5, 0.6) is 0 Å². The summed E-state index contributed by atoms with van der Waals surface area (Å²) in [5, 5.41) is 0. The lowest BCUT2D eigenvalue weighted by Gasteiger charge is -2.30. The molecule has 0 N–H and O–H groups in total. The van der Waals surface area contributed by atoms with Crippen LogP contribution in [0.1, 0.15) is 25.3 Å². The van der Waals surface area contributed by atoms with Gasteiger partial charge in [-0.25, -0.2) is 0 Å². The van der Waals surface area contributed by atoms with Gasteiger partial charge < -0.3 is 4.74 Å². The van der Waals surface area contributed by atoms with Crippen molar-refractivity contribution in [2.45, 2.75) is 26.2 Å². The third kappa shape index (κ3) is 3.30. The molecule has 0 amide bonds. The Morgan fingerprint density at radius 2 is 1.94 bits per heavy atom. The average molecular weight is 244 g/mol. The van der Waals surface area contributed by atoms with Crippen LogP contribution in [-0.2, 0) is 16.0 Å². The zero-order chi connectivity index (χ0) is 12.8. The molecular formula is C16H20O2. The highest BCUT2D eigenvalue weighted by Gasteiger charge is 2.33. The molecule has 1 aliphatic heterocycles. The van der Waals surface area contributed by atoms with Gasteiger partial charge in [0.25, 0.3) is 0 Å². The molecule has 1 saturated heterocycles. The van der Waals surface area contributed by atoms with Gasteiger partial charge in [-0.2, -0.15) is 0 Å². The van der Waals surface area contributed by atoms with Gasteiger partial charge in [-0.05, 0) is 30.9 Å². The molecule has 1 aromatic carbocycles. The normalized spacial score (nSPS) is 18.9. The lowest BCUT2D eigenvalue weighted by atomic mass is 9.78. The number of rotatable bonds is 4. The van der Waals surface area contributed by atoms with Crippen molar-refractivity contribution in [3.63, 3.8) is 0 Å². The van der Waals surface area contributed by atoms with Gasteiger partial charge in [-0.1, -0.05) is 43.3 Å². The van der Waals surface area contributed by atoms with Crippen molar-refractivity contribution in [1.82, 2.24) is 0 Å². The summed E-state index contributed by atoms with van der Waals surface area (Å²) in [5.41, 5.74) is 1.02. The maximum absolute atomic E-state index is 12.2. The van der Waals surface area contributed by atoms with Crippen molar-refractivity contribution >= 4 is 5.78 Å². The van der Waals surface area contributed by atoms with Crippen LogP contribution < -0.4 is 0 Å². The van der Waals surface area contributed by atoms with Gasteiger partial charge in [-0.3, -0.25) is 4.79 Å². The minimum atomic E-state index is -0.217. The summed E-state index contributed by atoms with van der Waals surface area (Å²) in [6, 6.07) is 10.2. The van der Waals surface area contributed by atoms with Crippen LogP contribution in [-0.4, -0.2) is 19.0 Å². The number of ketones is 1. The number of benzene rings is 1. The van der Waals surface area contributed by atoms with E-state index in [-0.39, 0.29) is 11.2 Å². The molecule has 1 heterocycles. The predicted molar refractivity (Wildman–Crippen MR) is 72.5 cm³/mol. The summed E-state index contributed by atoms with van der Waals surface area (Å²) < 4.78 is 5.31. The second-order valence-electron chi connectivity index (χ2n) is 5.13. The van der Waals surface area contributed by atoms with Crippen molar-refractivity contribution in [1.29, 1.82) is 0 Å². The highest BCUT2D eigenvalue weighted by molar-refractivity contribution is 5.94. The van der Waals surface area contributed by atoms with E-state index in [0.717, 1.165) is 19.3 Å². The van der Waals surface area contributed by atoms with E-state index in [0.29, 0.717) is 13.2 Å². The topological polar surface area (TPSA) is 26.3 Å². The van der Waals surface area contributed by atoms with Gasteiger partial charge in [0.2, 0.25) is 0 Å². The molecule has 0 radical (unpaired) electrons. The smallest absolute Gasteiger partial charge is 0.161 e. The fourth-order valence-corrected chi connectivity index (χ4v) is 2.19. The van der Waals surface area contributed by atoms with Crippen molar-refractivity contribution in [2.24, 2.45) is 5.41 Å². The molecule has 0 unspecified atom stereocenters. The number of hydrogen-bond donors (Lipinski definition) is 0. The van der Waals surface area contributed by atoms with Gasteiger partial charge in [0.15, 0.2) is 5.78 Å². The molecule has 2 nitrogen and oxygen atoms in total. The second-order valence-corrected chi connectivity index (χ2v) is 5.13. The second kappa shape index (κ2) is 5.96. The quantitative estimate of drug-likeness (QED) is 0.760.